The summed E-state index contributed by atoms with van der Waals surface area (Å²) in [5, 5.41) is 2.53. The van der Waals surface area contributed by atoms with Crippen LogP contribution in [0.5, 0.6) is 0 Å². The Kier molecular flexibility index (Phi) is 4.54. The molecule has 0 aliphatic carbocycles. The first-order valence-corrected chi connectivity index (χ1v) is 6.72. The quantitative estimate of drug-likeness (QED) is 0.685. The lowest BCUT2D eigenvalue weighted by atomic mass is 10.1. The summed E-state index contributed by atoms with van der Waals surface area (Å²) in [5.41, 5.74) is -0.670. The summed E-state index contributed by atoms with van der Waals surface area (Å²) < 4.78 is 38.2. The summed E-state index contributed by atoms with van der Waals surface area (Å²) in [5.74, 6) is -1.78. The Morgan fingerprint density at radius 2 is 2.18 bits per heavy atom. The summed E-state index contributed by atoms with van der Waals surface area (Å²) in [6.45, 7) is 3.91. The van der Waals surface area contributed by atoms with Gasteiger partial charge in [-0.1, -0.05) is 12.1 Å². The molecule has 1 fully saturated rings. The molecule has 0 spiro atoms. The average Bonchev–Trinajstić information content (AvgIpc) is 2.86. The van der Waals surface area contributed by atoms with Crippen LogP contribution in [0, 0.1) is 5.92 Å². The highest BCUT2D eigenvalue weighted by atomic mass is 19.4. The van der Waals surface area contributed by atoms with Gasteiger partial charge in [0.05, 0.1) is 5.56 Å². The van der Waals surface area contributed by atoms with Gasteiger partial charge in [-0.25, -0.2) is 0 Å². The van der Waals surface area contributed by atoms with Crippen LogP contribution in [0.15, 0.2) is 36.9 Å². The molecule has 0 saturated carbocycles. The van der Waals surface area contributed by atoms with Crippen molar-refractivity contribution in [3.8, 4) is 0 Å². The number of amides is 2. The van der Waals surface area contributed by atoms with Crippen LogP contribution in [0.3, 0.4) is 0 Å². The second-order valence-electron chi connectivity index (χ2n) is 4.91. The highest BCUT2D eigenvalue weighted by molar-refractivity contribution is 6.09. The molecule has 0 unspecified atom stereocenters. The van der Waals surface area contributed by atoms with Crippen LogP contribution < -0.4 is 10.2 Å². The van der Waals surface area contributed by atoms with E-state index in [0.29, 0.717) is 0 Å². The van der Waals surface area contributed by atoms with Crippen molar-refractivity contribution in [1.82, 2.24) is 5.32 Å². The topological polar surface area (TPSA) is 49.4 Å². The average molecular weight is 312 g/mol. The van der Waals surface area contributed by atoms with Gasteiger partial charge in [0.25, 0.3) is 0 Å². The van der Waals surface area contributed by atoms with E-state index in [0.717, 1.165) is 12.1 Å². The molecule has 1 aromatic rings. The Morgan fingerprint density at radius 3 is 2.82 bits per heavy atom. The van der Waals surface area contributed by atoms with Gasteiger partial charge in [0, 0.05) is 18.8 Å². The second-order valence-corrected chi connectivity index (χ2v) is 4.91. The van der Waals surface area contributed by atoms with E-state index in [9.17, 15) is 22.8 Å². The molecule has 2 amide bonds. The molecular formula is C15H15F3N2O2. The number of nitrogens with one attached hydrogen (secondary N) is 1. The van der Waals surface area contributed by atoms with Gasteiger partial charge in [0.1, 0.15) is 5.92 Å². The Balaban J connectivity index is 2.16. The van der Waals surface area contributed by atoms with Crippen molar-refractivity contribution in [2.45, 2.75) is 12.6 Å². The van der Waals surface area contributed by atoms with Crippen molar-refractivity contribution in [3.05, 3.63) is 42.5 Å². The zero-order valence-electron chi connectivity index (χ0n) is 11.7. The molecule has 1 N–H and O–H groups in total. The molecule has 0 bridgehead atoms. The summed E-state index contributed by atoms with van der Waals surface area (Å²) in [7, 11) is 0. The molecule has 4 nitrogen and oxygen atoms in total. The van der Waals surface area contributed by atoms with Crippen molar-refractivity contribution >= 4 is 17.5 Å². The maximum absolute atomic E-state index is 12.7. The lowest BCUT2D eigenvalue weighted by Gasteiger charge is -2.18. The SMILES string of the molecule is C=CCNC(=O)[C@H]1CCN(c2cccc(C(F)(F)F)c2)C1=O. The molecule has 1 aromatic carbocycles. The molecule has 1 saturated heterocycles. The van der Waals surface area contributed by atoms with E-state index >= 15 is 0 Å². The Hall–Kier alpha value is -2.31. The highest BCUT2D eigenvalue weighted by Gasteiger charge is 2.38. The third-order valence-corrected chi connectivity index (χ3v) is 3.43. The monoisotopic (exact) mass is 312 g/mol. The number of carbonyl (C=O) groups excluding carboxylic acids is 2. The summed E-state index contributed by atoms with van der Waals surface area (Å²) in [6, 6.07) is 4.54. The van der Waals surface area contributed by atoms with Gasteiger partial charge in [-0.2, -0.15) is 13.2 Å². The van der Waals surface area contributed by atoms with Gasteiger partial charge in [-0.15, -0.1) is 6.58 Å². The Labute approximate surface area is 125 Å². The van der Waals surface area contributed by atoms with Crippen LogP contribution >= 0.6 is 0 Å². The maximum Gasteiger partial charge on any atom is 0.416 e. The lowest BCUT2D eigenvalue weighted by Crippen LogP contribution is -2.36. The van der Waals surface area contributed by atoms with Gasteiger partial charge in [0.2, 0.25) is 11.8 Å². The standard InChI is InChI=1S/C15H15F3N2O2/c1-2-7-19-13(21)12-6-8-20(14(12)22)11-5-3-4-10(9-11)15(16,17)18/h2-5,9,12H,1,6-8H2,(H,19,21)/t12-/m1/s1. The first-order chi connectivity index (χ1) is 10.3. The number of halogens is 3. The number of rotatable bonds is 4. The molecule has 2 rings (SSSR count). The summed E-state index contributed by atoms with van der Waals surface area (Å²) in [6.07, 6.45) is -2.71. The number of hydrogen-bond donors (Lipinski definition) is 1. The van der Waals surface area contributed by atoms with Gasteiger partial charge in [-0.3, -0.25) is 9.59 Å². The Morgan fingerprint density at radius 1 is 1.45 bits per heavy atom. The molecular weight excluding hydrogens is 297 g/mol. The zero-order valence-corrected chi connectivity index (χ0v) is 11.7. The molecule has 1 atom stereocenters. The van der Waals surface area contributed by atoms with Crippen molar-refractivity contribution in [3.63, 3.8) is 0 Å². The molecule has 1 aliphatic heterocycles. The summed E-state index contributed by atoms with van der Waals surface area (Å²) >= 11 is 0. The summed E-state index contributed by atoms with van der Waals surface area (Å²) in [4.78, 5) is 25.3. The van der Waals surface area contributed by atoms with E-state index in [1.807, 2.05) is 0 Å². The number of hydrogen-bond acceptors (Lipinski definition) is 2. The first-order valence-electron chi connectivity index (χ1n) is 6.72. The fourth-order valence-corrected chi connectivity index (χ4v) is 2.33. The van der Waals surface area contributed by atoms with Crippen LogP contribution in [0.4, 0.5) is 18.9 Å². The number of alkyl halides is 3. The van der Waals surface area contributed by atoms with Crippen molar-refractivity contribution < 1.29 is 22.8 Å². The largest absolute Gasteiger partial charge is 0.416 e. The van der Waals surface area contributed by atoms with Crippen LogP contribution in [-0.2, 0) is 15.8 Å². The molecule has 7 heteroatoms. The number of anilines is 1. The first kappa shape index (κ1) is 16.1. The van der Waals surface area contributed by atoms with E-state index in [1.54, 1.807) is 0 Å². The maximum atomic E-state index is 12.7. The third-order valence-electron chi connectivity index (χ3n) is 3.43. The van der Waals surface area contributed by atoms with E-state index in [2.05, 4.69) is 11.9 Å². The van der Waals surface area contributed by atoms with Gasteiger partial charge in [0.15, 0.2) is 0 Å². The van der Waals surface area contributed by atoms with Gasteiger partial charge >= 0.3 is 6.18 Å². The van der Waals surface area contributed by atoms with E-state index in [-0.39, 0.29) is 25.2 Å². The van der Waals surface area contributed by atoms with E-state index in [1.165, 1.54) is 23.1 Å². The van der Waals surface area contributed by atoms with Crippen molar-refractivity contribution in [2.75, 3.05) is 18.0 Å². The van der Waals surface area contributed by atoms with E-state index < -0.39 is 29.5 Å². The molecule has 1 aliphatic rings. The van der Waals surface area contributed by atoms with Gasteiger partial charge < -0.3 is 10.2 Å². The van der Waals surface area contributed by atoms with Crippen molar-refractivity contribution in [1.29, 1.82) is 0 Å². The number of benzene rings is 1. The molecule has 118 valence electrons. The van der Waals surface area contributed by atoms with Crippen LogP contribution in [-0.4, -0.2) is 24.9 Å². The second kappa shape index (κ2) is 6.21. The normalized spacial score (nSPS) is 18.4. The highest BCUT2D eigenvalue weighted by Crippen LogP contribution is 2.33. The smallest absolute Gasteiger partial charge is 0.352 e. The number of nitrogens with zero attached hydrogens (tertiary/aromatic N) is 1. The van der Waals surface area contributed by atoms with Crippen LogP contribution in [0.1, 0.15) is 12.0 Å². The molecule has 1 heterocycles. The van der Waals surface area contributed by atoms with Crippen molar-refractivity contribution in [2.24, 2.45) is 5.92 Å². The predicted octanol–water partition coefficient (Wildman–Crippen LogP) is 2.36. The van der Waals surface area contributed by atoms with E-state index in [4.69, 9.17) is 0 Å². The Bertz CT molecular complexity index is 599. The van der Waals surface area contributed by atoms with Crippen LogP contribution in [0.25, 0.3) is 0 Å². The zero-order chi connectivity index (χ0) is 16.3. The number of carbonyl (C=O) groups is 2. The van der Waals surface area contributed by atoms with Crippen LogP contribution in [0.2, 0.25) is 0 Å². The molecule has 22 heavy (non-hydrogen) atoms. The molecule has 0 radical (unpaired) electrons. The minimum atomic E-state index is -4.47. The lowest BCUT2D eigenvalue weighted by molar-refractivity contribution is -0.138. The minimum absolute atomic E-state index is 0.152. The minimum Gasteiger partial charge on any atom is -0.352 e. The fraction of sp³-hybridized carbons (Fsp3) is 0.333. The third kappa shape index (κ3) is 3.29. The van der Waals surface area contributed by atoms with Gasteiger partial charge in [-0.05, 0) is 24.6 Å². The molecule has 0 aromatic heterocycles. The predicted molar refractivity (Wildman–Crippen MR) is 75.1 cm³/mol. The fourth-order valence-electron chi connectivity index (χ4n) is 2.33.